The summed E-state index contributed by atoms with van der Waals surface area (Å²) in [5.74, 6) is 0. The van der Waals surface area contributed by atoms with Crippen LogP contribution in [0.4, 0.5) is 17.1 Å². The fourth-order valence-electron chi connectivity index (χ4n) is 4.64. The van der Waals surface area contributed by atoms with Crippen molar-refractivity contribution in [1.82, 2.24) is 15.4 Å². The molecule has 0 saturated carbocycles. The lowest BCUT2D eigenvalue weighted by molar-refractivity contribution is 0.907. The highest BCUT2D eigenvalue weighted by Crippen LogP contribution is 2.46. The number of hydrogen-bond acceptors (Lipinski definition) is 5. The molecule has 3 saturated heterocycles. The van der Waals surface area contributed by atoms with E-state index >= 15 is 0 Å². The van der Waals surface area contributed by atoms with E-state index in [0.717, 1.165) is 24.1 Å². The molecule has 0 unspecified atom stereocenters. The Balaban J connectivity index is 1.74. The maximum atomic E-state index is 4.54. The van der Waals surface area contributed by atoms with Crippen LogP contribution in [0, 0.1) is 0 Å². The van der Waals surface area contributed by atoms with Gasteiger partial charge in [0.05, 0.1) is 17.1 Å². The molecule has 0 aliphatic carbocycles. The largest absolute Gasteiger partial charge is 0.370 e. The molecule has 4 heterocycles. The lowest BCUT2D eigenvalue weighted by Gasteiger charge is -2.32. The Morgan fingerprint density at radius 2 is 1.21 bits per heavy atom. The van der Waals surface area contributed by atoms with E-state index in [1.807, 2.05) is 0 Å². The number of aromatic nitrogens is 3. The van der Waals surface area contributed by atoms with E-state index in [1.54, 1.807) is 0 Å². The van der Waals surface area contributed by atoms with Crippen molar-refractivity contribution in [1.29, 1.82) is 0 Å². The van der Waals surface area contributed by atoms with Gasteiger partial charge in [0.25, 0.3) is 0 Å². The van der Waals surface area contributed by atoms with E-state index in [-0.39, 0.29) is 0 Å². The molecule has 24 heavy (non-hydrogen) atoms. The van der Waals surface area contributed by atoms with Gasteiger partial charge in [-0.3, -0.25) is 0 Å². The van der Waals surface area contributed by atoms with Gasteiger partial charge in [-0.05, 0) is 44.6 Å². The molecule has 0 bridgehead atoms. The molecule has 1 N–H and O–H groups in total. The number of anilines is 3. The third-order valence-corrected chi connectivity index (χ3v) is 5.83. The van der Waals surface area contributed by atoms with Crippen molar-refractivity contribution in [3.8, 4) is 0 Å². The summed E-state index contributed by atoms with van der Waals surface area (Å²) in [6, 6.07) is 2.28. The molecule has 6 nitrogen and oxygen atoms in total. The zero-order valence-corrected chi connectivity index (χ0v) is 14.3. The van der Waals surface area contributed by atoms with Crippen LogP contribution >= 0.6 is 0 Å². The number of rotatable bonds is 3. The first-order valence-corrected chi connectivity index (χ1v) is 9.54. The van der Waals surface area contributed by atoms with Crippen LogP contribution in [0.2, 0.25) is 0 Å². The number of nitrogens with one attached hydrogen (secondary N) is 1. The van der Waals surface area contributed by atoms with Crippen LogP contribution in [-0.2, 0) is 0 Å². The van der Waals surface area contributed by atoms with Crippen molar-refractivity contribution >= 4 is 28.1 Å². The van der Waals surface area contributed by atoms with Gasteiger partial charge in [0.1, 0.15) is 11.0 Å². The molecule has 0 radical (unpaired) electrons. The van der Waals surface area contributed by atoms with Crippen LogP contribution in [-0.4, -0.2) is 54.7 Å². The summed E-state index contributed by atoms with van der Waals surface area (Å²) < 4.78 is 0. The average Bonchev–Trinajstić information content (AvgIpc) is 3.43. The molecular formula is C18H26N6. The van der Waals surface area contributed by atoms with E-state index in [2.05, 4.69) is 36.2 Å². The summed E-state index contributed by atoms with van der Waals surface area (Å²) in [7, 11) is 0. The Morgan fingerprint density at radius 3 is 1.83 bits per heavy atom. The smallest absolute Gasteiger partial charge is 0.138 e. The molecule has 6 heteroatoms. The summed E-state index contributed by atoms with van der Waals surface area (Å²) in [4.78, 5) is 7.73. The molecule has 128 valence electrons. The minimum atomic E-state index is 1.02. The standard InChI is InChI=1S/C18H26N6/c1-2-8-22(7-1)15-13-14-16(20-21-19-14)18(24-11-5-6-12-24)17(15)23-9-3-4-10-23/h13H,1-12H2,(H,19,20,21). The first-order valence-electron chi connectivity index (χ1n) is 9.54. The fourth-order valence-corrected chi connectivity index (χ4v) is 4.64. The third kappa shape index (κ3) is 2.23. The summed E-state index contributed by atoms with van der Waals surface area (Å²) in [5, 5.41) is 11.9. The maximum absolute atomic E-state index is 4.54. The second-order valence-electron chi connectivity index (χ2n) is 7.37. The monoisotopic (exact) mass is 326 g/mol. The minimum absolute atomic E-state index is 1.02. The molecule has 1 aromatic heterocycles. The third-order valence-electron chi connectivity index (χ3n) is 5.83. The second kappa shape index (κ2) is 5.83. The van der Waals surface area contributed by atoms with E-state index in [9.17, 15) is 0 Å². The van der Waals surface area contributed by atoms with E-state index in [0.29, 0.717) is 0 Å². The van der Waals surface area contributed by atoms with E-state index in [4.69, 9.17) is 0 Å². The quantitative estimate of drug-likeness (QED) is 0.940. The van der Waals surface area contributed by atoms with Gasteiger partial charge in [0, 0.05) is 39.3 Å². The van der Waals surface area contributed by atoms with E-state index in [1.165, 1.54) is 81.8 Å². The first-order chi connectivity index (χ1) is 11.9. The average molecular weight is 326 g/mol. The number of nitrogens with zero attached hydrogens (tertiary/aromatic N) is 5. The molecule has 3 aliphatic rings. The van der Waals surface area contributed by atoms with Gasteiger partial charge < -0.3 is 14.7 Å². The van der Waals surface area contributed by atoms with Gasteiger partial charge >= 0.3 is 0 Å². The van der Waals surface area contributed by atoms with Crippen LogP contribution in [0.15, 0.2) is 6.07 Å². The van der Waals surface area contributed by atoms with Crippen molar-refractivity contribution < 1.29 is 0 Å². The lowest BCUT2D eigenvalue weighted by Crippen LogP contribution is -2.28. The Labute approximate surface area is 142 Å². The highest BCUT2D eigenvalue weighted by Gasteiger charge is 2.30. The second-order valence-corrected chi connectivity index (χ2v) is 7.37. The van der Waals surface area contributed by atoms with Gasteiger partial charge in [-0.1, -0.05) is 0 Å². The molecule has 0 atom stereocenters. The van der Waals surface area contributed by atoms with Gasteiger partial charge in [0.2, 0.25) is 0 Å². The zero-order chi connectivity index (χ0) is 15.9. The maximum Gasteiger partial charge on any atom is 0.138 e. The molecule has 1 aromatic carbocycles. The highest BCUT2D eigenvalue weighted by molar-refractivity contribution is 6.03. The van der Waals surface area contributed by atoms with Gasteiger partial charge in [-0.25, -0.2) is 0 Å². The molecule has 3 aliphatic heterocycles. The molecule has 2 aromatic rings. The molecular weight excluding hydrogens is 300 g/mol. The molecule has 0 spiro atoms. The van der Waals surface area contributed by atoms with E-state index < -0.39 is 0 Å². The summed E-state index contributed by atoms with van der Waals surface area (Å²) in [6.45, 7) is 6.97. The summed E-state index contributed by atoms with van der Waals surface area (Å²) in [6.07, 6.45) is 7.77. The SMILES string of the molecule is c1c(N2CCCC2)c(N2CCCC2)c(N2CCCC2)c2n[nH]nc12. The Morgan fingerprint density at radius 1 is 0.667 bits per heavy atom. The van der Waals surface area contributed by atoms with Crippen molar-refractivity contribution in [2.24, 2.45) is 0 Å². The molecule has 3 fully saturated rings. The Hall–Kier alpha value is -1.98. The van der Waals surface area contributed by atoms with Crippen molar-refractivity contribution in [3.05, 3.63) is 6.07 Å². The van der Waals surface area contributed by atoms with Crippen molar-refractivity contribution in [3.63, 3.8) is 0 Å². The fraction of sp³-hybridized carbons (Fsp3) is 0.667. The number of benzene rings is 1. The minimum Gasteiger partial charge on any atom is -0.370 e. The van der Waals surface area contributed by atoms with Crippen LogP contribution in [0.25, 0.3) is 11.0 Å². The normalized spacial score (nSPS) is 21.6. The van der Waals surface area contributed by atoms with Crippen molar-refractivity contribution in [2.75, 3.05) is 54.0 Å². The van der Waals surface area contributed by atoms with Gasteiger partial charge in [-0.2, -0.15) is 15.4 Å². The first kappa shape index (κ1) is 14.4. The van der Waals surface area contributed by atoms with Gasteiger partial charge in [-0.15, -0.1) is 0 Å². The van der Waals surface area contributed by atoms with Gasteiger partial charge in [0.15, 0.2) is 0 Å². The van der Waals surface area contributed by atoms with Crippen LogP contribution in [0.5, 0.6) is 0 Å². The number of fused-ring (bicyclic) bond motifs is 1. The van der Waals surface area contributed by atoms with Crippen LogP contribution in [0.1, 0.15) is 38.5 Å². The van der Waals surface area contributed by atoms with Crippen LogP contribution in [0.3, 0.4) is 0 Å². The van der Waals surface area contributed by atoms with Crippen LogP contribution < -0.4 is 14.7 Å². The Kier molecular flexibility index (Phi) is 3.49. The highest BCUT2D eigenvalue weighted by atomic mass is 15.3. The molecule has 5 rings (SSSR count). The molecule has 0 amide bonds. The summed E-state index contributed by atoms with van der Waals surface area (Å²) in [5.41, 5.74) is 6.22. The lowest BCUT2D eigenvalue weighted by atomic mass is 10.1. The number of hydrogen-bond donors (Lipinski definition) is 1. The zero-order valence-electron chi connectivity index (χ0n) is 14.3. The van der Waals surface area contributed by atoms with Crippen molar-refractivity contribution in [2.45, 2.75) is 38.5 Å². The predicted octanol–water partition coefficient (Wildman–Crippen LogP) is 2.76. The Bertz CT molecular complexity index is 720. The summed E-state index contributed by atoms with van der Waals surface area (Å²) >= 11 is 0. The topological polar surface area (TPSA) is 51.3 Å². The predicted molar refractivity (Wildman–Crippen MR) is 98.2 cm³/mol. The number of H-pyrrole nitrogens is 1. The number of aromatic amines is 1.